The first-order valence-corrected chi connectivity index (χ1v) is 5.44. The van der Waals surface area contributed by atoms with Gasteiger partial charge in [0.25, 0.3) is 5.69 Å². The van der Waals surface area contributed by atoms with Crippen LogP contribution in [0.4, 0.5) is 5.69 Å². The van der Waals surface area contributed by atoms with E-state index in [9.17, 15) is 10.1 Å². The fourth-order valence-corrected chi connectivity index (χ4v) is 1.41. The van der Waals surface area contributed by atoms with Gasteiger partial charge in [-0.3, -0.25) is 15.1 Å². The van der Waals surface area contributed by atoms with E-state index in [0.717, 1.165) is 11.3 Å². The zero-order valence-corrected chi connectivity index (χ0v) is 9.87. The van der Waals surface area contributed by atoms with Crippen LogP contribution in [0.1, 0.15) is 11.3 Å². The summed E-state index contributed by atoms with van der Waals surface area (Å²) in [5.74, 6) is 0.586. The van der Waals surface area contributed by atoms with Gasteiger partial charge in [0, 0.05) is 18.3 Å². The van der Waals surface area contributed by atoms with Crippen LogP contribution in [0.5, 0.6) is 5.75 Å². The SMILES string of the molecule is Cc1ccc(COc2ccc([N+](=O)[O-])cc2)nc1. The number of hydrogen-bond donors (Lipinski definition) is 0. The molecular formula is C13H12N2O3. The van der Waals surface area contributed by atoms with Crippen molar-refractivity contribution in [1.82, 2.24) is 4.98 Å². The van der Waals surface area contributed by atoms with E-state index in [1.807, 2.05) is 19.1 Å². The number of pyridine rings is 1. The number of aryl methyl sites for hydroxylation is 1. The molecule has 1 heterocycles. The minimum Gasteiger partial charge on any atom is -0.487 e. The molecule has 5 heteroatoms. The Kier molecular flexibility index (Phi) is 3.52. The lowest BCUT2D eigenvalue weighted by atomic mass is 10.3. The molecule has 2 aromatic rings. The van der Waals surface area contributed by atoms with Crippen molar-refractivity contribution < 1.29 is 9.66 Å². The van der Waals surface area contributed by atoms with Gasteiger partial charge >= 0.3 is 0 Å². The molecule has 0 aliphatic carbocycles. The fourth-order valence-electron chi connectivity index (χ4n) is 1.41. The van der Waals surface area contributed by atoms with Gasteiger partial charge in [0.1, 0.15) is 12.4 Å². The van der Waals surface area contributed by atoms with Crippen LogP contribution < -0.4 is 4.74 Å². The average molecular weight is 244 g/mol. The summed E-state index contributed by atoms with van der Waals surface area (Å²) in [6.07, 6.45) is 1.77. The number of nitro benzene ring substituents is 1. The van der Waals surface area contributed by atoms with Crippen LogP contribution in [0.15, 0.2) is 42.6 Å². The van der Waals surface area contributed by atoms with Crippen molar-refractivity contribution >= 4 is 5.69 Å². The predicted octanol–water partition coefficient (Wildman–Crippen LogP) is 2.88. The van der Waals surface area contributed by atoms with Crippen LogP contribution >= 0.6 is 0 Å². The molecule has 0 saturated carbocycles. The number of hydrogen-bond acceptors (Lipinski definition) is 4. The Labute approximate surface area is 104 Å². The van der Waals surface area contributed by atoms with Gasteiger partial charge in [0.15, 0.2) is 0 Å². The summed E-state index contributed by atoms with van der Waals surface area (Å²) in [6, 6.07) is 9.83. The Morgan fingerprint density at radius 1 is 1.22 bits per heavy atom. The van der Waals surface area contributed by atoms with Crippen molar-refractivity contribution in [3.05, 3.63) is 64.0 Å². The molecular weight excluding hydrogens is 232 g/mol. The maximum atomic E-state index is 10.5. The average Bonchev–Trinajstić information content (AvgIpc) is 2.38. The predicted molar refractivity (Wildman–Crippen MR) is 66.4 cm³/mol. The standard InChI is InChI=1S/C13H12N2O3/c1-10-2-3-11(14-8-10)9-18-13-6-4-12(5-7-13)15(16)17/h2-8H,9H2,1H3. The monoisotopic (exact) mass is 244 g/mol. The zero-order chi connectivity index (χ0) is 13.0. The van der Waals surface area contributed by atoms with Crippen LogP contribution in [-0.4, -0.2) is 9.91 Å². The largest absolute Gasteiger partial charge is 0.487 e. The van der Waals surface area contributed by atoms with E-state index < -0.39 is 4.92 Å². The lowest BCUT2D eigenvalue weighted by Crippen LogP contribution is -1.98. The van der Waals surface area contributed by atoms with E-state index in [2.05, 4.69) is 4.98 Å². The van der Waals surface area contributed by atoms with Crippen molar-refractivity contribution in [3.63, 3.8) is 0 Å². The molecule has 0 aliphatic rings. The molecule has 0 atom stereocenters. The zero-order valence-electron chi connectivity index (χ0n) is 9.87. The number of benzene rings is 1. The van der Waals surface area contributed by atoms with E-state index in [1.165, 1.54) is 12.1 Å². The van der Waals surface area contributed by atoms with E-state index >= 15 is 0 Å². The van der Waals surface area contributed by atoms with E-state index in [4.69, 9.17) is 4.74 Å². The summed E-state index contributed by atoms with van der Waals surface area (Å²) in [5, 5.41) is 10.5. The van der Waals surface area contributed by atoms with Crippen LogP contribution in [-0.2, 0) is 6.61 Å². The third-order valence-electron chi connectivity index (χ3n) is 2.41. The van der Waals surface area contributed by atoms with Gasteiger partial charge in [0.05, 0.1) is 10.6 Å². The molecule has 1 aromatic heterocycles. The molecule has 2 rings (SSSR count). The first-order valence-electron chi connectivity index (χ1n) is 5.44. The van der Waals surface area contributed by atoms with Gasteiger partial charge in [-0.1, -0.05) is 6.07 Å². The molecule has 0 fully saturated rings. The Hall–Kier alpha value is -2.43. The molecule has 0 bridgehead atoms. The molecule has 18 heavy (non-hydrogen) atoms. The van der Waals surface area contributed by atoms with E-state index in [-0.39, 0.29) is 5.69 Å². The van der Waals surface area contributed by atoms with Crippen molar-refractivity contribution in [2.24, 2.45) is 0 Å². The Balaban J connectivity index is 1.97. The minimum absolute atomic E-state index is 0.0517. The van der Waals surface area contributed by atoms with Crippen LogP contribution in [0.3, 0.4) is 0 Å². The number of non-ortho nitro benzene ring substituents is 1. The number of nitrogens with zero attached hydrogens (tertiary/aromatic N) is 2. The first-order chi connectivity index (χ1) is 8.65. The number of rotatable bonds is 4. The highest BCUT2D eigenvalue weighted by atomic mass is 16.6. The van der Waals surface area contributed by atoms with Gasteiger partial charge < -0.3 is 4.74 Å². The number of nitro groups is 1. The van der Waals surface area contributed by atoms with Crippen LogP contribution in [0.25, 0.3) is 0 Å². The molecule has 0 unspecified atom stereocenters. The molecule has 0 radical (unpaired) electrons. The molecule has 92 valence electrons. The summed E-state index contributed by atoms with van der Waals surface area (Å²) < 4.78 is 5.48. The third kappa shape index (κ3) is 3.04. The fraction of sp³-hybridized carbons (Fsp3) is 0.154. The summed E-state index contributed by atoms with van der Waals surface area (Å²) in [5.41, 5.74) is 1.96. The van der Waals surface area contributed by atoms with Crippen LogP contribution in [0.2, 0.25) is 0 Å². The lowest BCUT2D eigenvalue weighted by molar-refractivity contribution is -0.384. The normalized spacial score (nSPS) is 10.1. The highest BCUT2D eigenvalue weighted by Gasteiger charge is 2.04. The first kappa shape index (κ1) is 12.0. The number of ether oxygens (including phenoxy) is 1. The lowest BCUT2D eigenvalue weighted by Gasteiger charge is -2.05. The molecule has 5 nitrogen and oxygen atoms in total. The maximum Gasteiger partial charge on any atom is 0.269 e. The molecule has 0 saturated heterocycles. The Morgan fingerprint density at radius 2 is 1.94 bits per heavy atom. The van der Waals surface area contributed by atoms with Gasteiger partial charge in [-0.2, -0.15) is 0 Å². The second-order valence-electron chi connectivity index (χ2n) is 3.87. The highest BCUT2D eigenvalue weighted by molar-refractivity contribution is 5.36. The summed E-state index contributed by atoms with van der Waals surface area (Å²) in [7, 11) is 0. The van der Waals surface area contributed by atoms with Crippen LogP contribution in [0, 0.1) is 17.0 Å². The summed E-state index contributed by atoms with van der Waals surface area (Å²) in [6.45, 7) is 2.31. The molecule has 1 aromatic carbocycles. The second kappa shape index (κ2) is 5.27. The van der Waals surface area contributed by atoms with Gasteiger partial charge in [-0.05, 0) is 30.7 Å². The van der Waals surface area contributed by atoms with E-state index in [1.54, 1.807) is 18.3 Å². The van der Waals surface area contributed by atoms with Gasteiger partial charge in [-0.15, -0.1) is 0 Å². The van der Waals surface area contributed by atoms with Crippen molar-refractivity contribution in [2.45, 2.75) is 13.5 Å². The highest BCUT2D eigenvalue weighted by Crippen LogP contribution is 2.18. The minimum atomic E-state index is -0.439. The molecule has 0 amide bonds. The van der Waals surface area contributed by atoms with Gasteiger partial charge in [-0.25, -0.2) is 0 Å². The van der Waals surface area contributed by atoms with Gasteiger partial charge in [0.2, 0.25) is 0 Å². The summed E-state index contributed by atoms with van der Waals surface area (Å²) in [4.78, 5) is 14.2. The third-order valence-corrected chi connectivity index (χ3v) is 2.41. The Bertz CT molecular complexity index is 535. The molecule has 0 aliphatic heterocycles. The smallest absolute Gasteiger partial charge is 0.269 e. The molecule has 0 spiro atoms. The number of aromatic nitrogens is 1. The van der Waals surface area contributed by atoms with Crippen molar-refractivity contribution in [3.8, 4) is 5.75 Å². The van der Waals surface area contributed by atoms with Crippen molar-refractivity contribution in [1.29, 1.82) is 0 Å². The van der Waals surface area contributed by atoms with Crippen molar-refractivity contribution in [2.75, 3.05) is 0 Å². The summed E-state index contributed by atoms with van der Waals surface area (Å²) >= 11 is 0. The quantitative estimate of drug-likeness (QED) is 0.612. The van der Waals surface area contributed by atoms with E-state index in [0.29, 0.717) is 12.4 Å². The second-order valence-corrected chi connectivity index (χ2v) is 3.87. The maximum absolute atomic E-state index is 10.5. The Morgan fingerprint density at radius 3 is 2.50 bits per heavy atom. The molecule has 0 N–H and O–H groups in total. The topological polar surface area (TPSA) is 65.3 Å².